The molecule has 4 heteroatoms. The van der Waals surface area contributed by atoms with Crippen LogP contribution in [0.2, 0.25) is 0 Å². The summed E-state index contributed by atoms with van der Waals surface area (Å²) < 4.78 is 0. The van der Waals surface area contributed by atoms with Crippen LogP contribution in [-0.4, -0.2) is 26.6 Å². The summed E-state index contributed by atoms with van der Waals surface area (Å²) in [5.41, 5.74) is 1.92. The Kier molecular flexibility index (Phi) is 2.85. The molecule has 2 rings (SSSR count). The smallest absolute Gasteiger partial charge is 0.154 e. The standard InChI is InChI=1S/C12H15NO3/c1-7(12(15)16)4-8-6-13-11-3-2-9(14)5-10(8)11/h2-3,5-7,12-16H,4H2,1H3/t7-/m0/s1. The average Bonchev–Trinajstić information content (AvgIpc) is 2.61. The molecule has 86 valence electrons. The van der Waals surface area contributed by atoms with Gasteiger partial charge in [-0.3, -0.25) is 0 Å². The van der Waals surface area contributed by atoms with Crippen molar-refractivity contribution in [2.75, 3.05) is 0 Å². The van der Waals surface area contributed by atoms with Gasteiger partial charge in [-0.05, 0) is 30.2 Å². The second-order valence-electron chi connectivity index (χ2n) is 4.14. The van der Waals surface area contributed by atoms with E-state index in [0.717, 1.165) is 16.5 Å². The van der Waals surface area contributed by atoms with E-state index in [1.165, 1.54) is 0 Å². The van der Waals surface area contributed by atoms with Gasteiger partial charge in [0, 0.05) is 23.0 Å². The van der Waals surface area contributed by atoms with Crippen LogP contribution in [0.5, 0.6) is 5.75 Å². The highest BCUT2D eigenvalue weighted by molar-refractivity contribution is 5.84. The summed E-state index contributed by atoms with van der Waals surface area (Å²) in [5.74, 6) is -0.0214. The summed E-state index contributed by atoms with van der Waals surface area (Å²) in [6.07, 6.45) is 1.08. The fraction of sp³-hybridized carbons (Fsp3) is 0.333. The van der Waals surface area contributed by atoms with Gasteiger partial charge in [0.25, 0.3) is 0 Å². The molecule has 2 aromatic rings. The zero-order chi connectivity index (χ0) is 11.7. The molecule has 0 unspecified atom stereocenters. The van der Waals surface area contributed by atoms with E-state index in [1.54, 1.807) is 25.1 Å². The number of aromatic amines is 1. The molecule has 0 saturated carbocycles. The van der Waals surface area contributed by atoms with Gasteiger partial charge in [-0.2, -0.15) is 0 Å². The molecule has 0 aliphatic rings. The van der Waals surface area contributed by atoms with Crippen LogP contribution >= 0.6 is 0 Å². The summed E-state index contributed by atoms with van der Waals surface area (Å²) in [4.78, 5) is 3.09. The van der Waals surface area contributed by atoms with Crippen LogP contribution in [0.1, 0.15) is 12.5 Å². The molecule has 16 heavy (non-hydrogen) atoms. The summed E-state index contributed by atoms with van der Waals surface area (Å²) in [7, 11) is 0. The molecule has 0 aliphatic heterocycles. The zero-order valence-electron chi connectivity index (χ0n) is 9.01. The van der Waals surface area contributed by atoms with Crippen molar-refractivity contribution in [3.8, 4) is 5.75 Å². The van der Waals surface area contributed by atoms with Gasteiger partial charge in [0.1, 0.15) is 5.75 Å². The van der Waals surface area contributed by atoms with Crippen LogP contribution in [0.25, 0.3) is 10.9 Å². The van der Waals surface area contributed by atoms with Crippen LogP contribution in [0.3, 0.4) is 0 Å². The number of aliphatic hydroxyl groups excluding tert-OH is 1. The lowest BCUT2D eigenvalue weighted by atomic mass is 10.0. The molecule has 0 spiro atoms. The predicted octanol–water partition coefficient (Wildman–Crippen LogP) is 1.36. The lowest BCUT2D eigenvalue weighted by Crippen LogP contribution is -2.18. The number of aromatic hydroxyl groups is 1. The lowest BCUT2D eigenvalue weighted by molar-refractivity contribution is -0.0779. The van der Waals surface area contributed by atoms with Crippen LogP contribution in [0.15, 0.2) is 24.4 Å². The molecule has 1 atom stereocenters. The van der Waals surface area contributed by atoms with E-state index in [9.17, 15) is 5.11 Å². The van der Waals surface area contributed by atoms with Crippen molar-refractivity contribution in [2.24, 2.45) is 5.92 Å². The number of hydrogen-bond donors (Lipinski definition) is 4. The minimum Gasteiger partial charge on any atom is -0.508 e. The maximum atomic E-state index is 9.40. The first-order chi connectivity index (χ1) is 7.58. The summed E-state index contributed by atoms with van der Waals surface area (Å²) in [5, 5.41) is 28.4. The maximum absolute atomic E-state index is 9.40. The number of nitrogens with one attached hydrogen (secondary N) is 1. The molecule has 0 fully saturated rings. The summed E-state index contributed by atoms with van der Waals surface area (Å²) in [6.45, 7) is 1.77. The molecule has 4 nitrogen and oxygen atoms in total. The molecule has 4 N–H and O–H groups in total. The van der Waals surface area contributed by atoms with E-state index in [0.29, 0.717) is 6.42 Å². The number of fused-ring (bicyclic) bond motifs is 1. The largest absolute Gasteiger partial charge is 0.508 e. The van der Waals surface area contributed by atoms with Gasteiger partial charge in [0.15, 0.2) is 6.29 Å². The molecule has 0 aliphatic carbocycles. The Bertz CT molecular complexity index is 490. The molecule has 0 bridgehead atoms. The van der Waals surface area contributed by atoms with E-state index >= 15 is 0 Å². The third-order valence-corrected chi connectivity index (χ3v) is 2.80. The van der Waals surface area contributed by atoms with E-state index in [1.807, 2.05) is 6.20 Å². The average molecular weight is 221 g/mol. The van der Waals surface area contributed by atoms with Gasteiger partial charge >= 0.3 is 0 Å². The molecule has 0 amide bonds. The minimum atomic E-state index is -1.32. The first kappa shape index (κ1) is 11.0. The molecule has 0 saturated heterocycles. The SMILES string of the molecule is C[C@@H](Cc1c[nH]c2ccc(O)cc12)C(O)O. The van der Waals surface area contributed by atoms with Gasteiger partial charge in [-0.25, -0.2) is 0 Å². The summed E-state index contributed by atoms with van der Waals surface area (Å²) >= 11 is 0. The van der Waals surface area contributed by atoms with Crippen molar-refractivity contribution < 1.29 is 15.3 Å². The van der Waals surface area contributed by atoms with Gasteiger partial charge in [0.05, 0.1) is 0 Å². The van der Waals surface area contributed by atoms with Crippen LogP contribution in [-0.2, 0) is 6.42 Å². The van der Waals surface area contributed by atoms with Crippen molar-refractivity contribution in [1.29, 1.82) is 0 Å². The van der Waals surface area contributed by atoms with E-state index in [4.69, 9.17) is 10.2 Å². The number of phenolic OH excluding ortho intramolecular Hbond substituents is 1. The minimum absolute atomic E-state index is 0.213. The topological polar surface area (TPSA) is 76.5 Å². The Morgan fingerprint density at radius 2 is 2.06 bits per heavy atom. The van der Waals surface area contributed by atoms with Crippen molar-refractivity contribution in [3.63, 3.8) is 0 Å². The third kappa shape index (κ3) is 2.03. The van der Waals surface area contributed by atoms with Crippen molar-refractivity contribution in [3.05, 3.63) is 30.0 Å². The number of hydrogen-bond acceptors (Lipinski definition) is 3. The number of phenols is 1. The van der Waals surface area contributed by atoms with Crippen LogP contribution < -0.4 is 0 Å². The molecule has 0 radical (unpaired) electrons. The molecule has 1 aromatic carbocycles. The number of aromatic nitrogens is 1. The summed E-state index contributed by atoms with van der Waals surface area (Å²) in [6, 6.07) is 5.10. The van der Waals surface area contributed by atoms with E-state index < -0.39 is 6.29 Å². The number of H-pyrrole nitrogens is 1. The number of benzene rings is 1. The van der Waals surface area contributed by atoms with Crippen molar-refractivity contribution >= 4 is 10.9 Å². The second-order valence-corrected chi connectivity index (χ2v) is 4.14. The van der Waals surface area contributed by atoms with E-state index in [2.05, 4.69) is 4.98 Å². The highest BCUT2D eigenvalue weighted by Gasteiger charge is 2.14. The molecule has 1 aromatic heterocycles. The Labute approximate surface area is 93.2 Å². The number of aliphatic hydroxyl groups is 2. The Morgan fingerprint density at radius 3 is 2.75 bits per heavy atom. The number of rotatable bonds is 3. The van der Waals surface area contributed by atoms with Gasteiger partial charge in [0.2, 0.25) is 0 Å². The molecular formula is C12H15NO3. The fourth-order valence-corrected chi connectivity index (χ4v) is 1.79. The van der Waals surface area contributed by atoms with Crippen LogP contribution in [0, 0.1) is 5.92 Å². The Balaban J connectivity index is 2.34. The fourth-order valence-electron chi connectivity index (χ4n) is 1.79. The van der Waals surface area contributed by atoms with Crippen molar-refractivity contribution in [2.45, 2.75) is 19.6 Å². The quantitative estimate of drug-likeness (QED) is 0.591. The van der Waals surface area contributed by atoms with Gasteiger partial charge < -0.3 is 20.3 Å². The lowest BCUT2D eigenvalue weighted by Gasteiger charge is -2.12. The van der Waals surface area contributed by atoms with E-state index in [-0.39, 0.29) is 11.7 Å². The third-order valence-electron chi connectivity index (χ3n) is 2.80. The molecular weight excluding hydrogens is 206 g/mol. The van der Waals surface area contributed by atoms with Crippen molar-refractivity contribution in [1.82, 2.24) is 4.98 Å². The van der Waals surface area contributed by atoms with Gasteiger partial charge in [-0.15, -0.1) is 0 Å². The Morgan fingerprint density at radius 1 is 1.31 bits per heavy atom. The van der Waals surface area contributed by atoms with Gasteiger partial charge in [-0.1, -0.05) is 6.92 Å². The molecule has 1 heterocycles. The van der Waals surface area contributed by atoms with Crippen LogP contribution in [0.4, 0.5) is 0 Å². The maximum Gasteiger partial charge on any atom is 0.154 e. The second kappa shape index (κ2) is 4.15. The first-order valence-corrected chi connectivity index (χ1v) is 5.23. The first-order valence-electron chi connectivity index (χ1n) is 5.23. The highest BCUT2D eigenvalue weighted by atomic mass is 16.5. The predicted molar refractivity (Wildman–Crippen MR) is 61.1 cm³/mol. The highest BCUT2D eigenvalue weighted by Crippen LogP contribution is 2.25. The normalized spacial score (nSPS) is 13.5. The zero-order valence-corrected chi connectivity index (χ0v) is 9.01. The monoisotopic (exact) mass is 221 g/mol. The Hall–Kier alpha value is -1.52.